The van der Waals surface area contributed by atoms with Gasteiger partial charge in [-0.2, -0.15) is 0 Å². The third kappa shape index (κ3) is 0.787. The van der Waals surface area contributed by atoms with E-state index in [9.17, 15) is 0 Å². The summed E-state index contributed by atoms with van der Waals surface area (Å²) in [4.78, 5) is 2.46. The summed E-state index contributed by atoms with van der Waals surface area (Å²) >= 11 is 0. The van der Waals surface area contributed by atoms with Crippen LogP contribution in [0.2, 0.25) is 0 Å². The number of likely N-dealkylation sites (tertiary alicyclic amines) is 1. The van der Waals surface area contributed by atoms with Gasteiger partial charge in [0.25, 0.3) is 0 Å². The van der Waals surface area contributed by atoms with Gasteiger partial charge < -0.3 is 4.90 Å². The maximum absolute atomic E-state index is 2.46. The first-order valence-corrected chi connectivity index (χ1v) is 3.97. The summed E-state index contributed by atoms with van der Waals surface area (Å²) in [7, 11) is 2.24. The highest BCUT2D eigenvalue weighted by molar-refractivity contribution is 4.98. The summed E-state index contributed by atoms with van der Waals surface area (Å²) in [6.07, 6.45) is 1.46. The van der Waals surface area contributed by atoms with Crippen molar-refractivity contribution in [2.45, 2.75) is 13.3 Å². The highest BCUT2D eigenvalue weighted by Gasteiger charge is 2.48. The van der Waals surface area contributed by atoms with E-state index in [1.807, 2.05) is 0 Å². The van der Waals surface area contributed by atoms with E-state index in [1.54, 1.807) is 0 Å². The molecular weight excluding hydrogens is 110 g/mol. The zero-order valence-electron chi connectivity index (χ0n) is 6.30. The van der Waals surface area contributed by atoms with Gasteiger partial charge in [-0.1, -0.05) is 6.92 Å². The lowest BCUT2D eigenvalue weighted by atomic mass is 10.1. The van der Waals surface area contributed by atoms with Gasteiger partial charge >= 0.3 is 0 Å². The second-order valence-corrected chi connectivity index (χ2v) is 3.74. The first-order valence-electron chi connectivity index (χ1n) is 3.97. The third-order valence-corrected chi connectivity index (χ3v) is 3.13. The largest absolute Gasteiger partial charge is 0.306 e. The predicted octanol–water partition coefficient (Wildman–Crippen LogP) is 1.20. The summed E-state index contributed by atoms with van der Waals surface area (Å²) in [5.74, 6) is 3.24. The molecule has 0 bridgehead atoms. The Morgan fingerprint density at radius 1 is 1.33 bits per heavy atom. The van der Waals surface area contributed by atoms with E-state index in [0.717, 1.165) is 17.8 Å². The molecule has 2 aliphatic rings. The van der Waals surface area contributed by atoms with Crippen LogP contribution in [0.15, 0.2) is 0 Å². The number of rotatable bonds is 0. The van der Waals surface area contributed by atoms with E-state index in [0.29, 0.717) is 0 Å². The number of hydrogen-bond donors (Lipinski definition) is 0. The molecule has 2 rings (SSSR count). The molecule has 0 aromatic carbocycles. The molecule has 0 aromatic rings. The molecule has 0 amide bonds. The average Bonchev–Trinajstić information content (AvgIpc) is 2.43. The number of fused-ring (bicyclic) bond motifs is 1. The fourth-order valence-corrected chi connectivity index (χ4v) is 2.24. The Balaban J connectivity index is 1.96. The topological polar surface area (TPSA) is 3.24 Å². The Bertz CT molecular complexity index is 122. The van der Waals surface area contributed by atoms with Crippen molar-refractivity contribution in [2.24, 2.45) is 17.8 Å². The zero-order valence-corrected chi connectivity index (χ0v) is 6.30. The molecule has 1 heteroatoms. The van der Waals surface area contributed by atoms with Crippen molar-refractivity contribution in [3.8, 4) is 0 Å². The molecule has 1 aliphatic heterocycles. The lowest BCUT2D eigenvalue weighted by Crippen LogP contribution is -2.26. The normalized spacial score (nSPS) is 50.7. The van der Waals surface area contributed by atoms with Crippen molar-refractivity contribution >= 4 is 0 Å². The van der Waals surface area contributed by atoms with Crippen LogP contribution in [0.5, 0.6) is 0 Å². The zero-order chi connectivity index (χ0) is 6.43. The first-order chi connectivity index (χ1) is 4.29. The molecule has 3 unspecified atom stereocenters. The minimum atomic E-state index is 1.05. The van der Waals surface area contributed by atoms with Crippen LogP contribution in [-0.4, -0.2) is 25.0 Å². The summed E-state index contributed by atoms with van der Waals surface area (Å²) < 4.78 is 0. The van der Waals surface area contributed by atoms with Crippen LogP contribution in [0.1, 0.15) is 13.3 Å². The van der Waals surface area contributed by atoms with Gasteiger partial charge in [-0.25, -0.2) is 0 Å². The van der Waals surface area contributed by atoms with E-state index in [4.69, 9.17) is 0 Å². The monoisotopic (exact) mass is 125 g/mol. The van der Waals surface area contributed by atoms with Gasteiger partial charge in [-0.3, -0.25) is 0 Å². The minimum absolute atomic E-state index is 1.05. The van der Waals surface area contributed by atoms with Gasteiger partial charge in [-0.15, -0.1) is 0 Å². The molecule has 0 spiro atoms. The summed E-state index contributed by atoms with van der Waals surface area (Å²) in [5, 5.41) is 0. The van der Waals surface area contributed by atoms with Crippen LogP contribution in [-0.2, 0) is 0 Å². The van der Waals surface area contributed by atoms with Gasteiger partial charge in [0.1, 0.15) is 0 Å². The van der Waals surface area contributed by atoms with E-state index in [2.05, 4.69) is 18.9 Å². The van der Waals surface area contributed by atoms with Gasteiger partial charge in [-0.05, 0) is 37.8 Å². The van der Waals surface area contributed by atoms with E-state index >= 15 is 0 Å². The van der Waals surface area contributed by atoms with Crippen LogP contribution in [0.25, 0.3) is 0 Å². The lowest BCUT2D eigenvalue weighted by molar-refractivity contribution is 0.265. The van der Waals surface area contributed by atoms with Crippen LogP contribution >= 0.6 is 0 Å². The third-order valence-electron chi connectivity index (χ3n) is 3.13. The molecule has 0 radical (unpaired) electrons. The SMILES string of the molecule is CC1C2CCN(C)CC12. The Hall–Kier alpha value is -0.0400. The van der Waals surface area contributed by atoms with Gasteiger partial charge in [0.05, 0.1) is 0 Å². The smallest absolute Gasteiger partial charge is 0.00120 e. The summed E-state index contributed by atoms with van der Waals surface area (Å²) in [5.41, 5.74) is 0. The molecule has 2 fully saturated rings. The quantitative estimate of drug-likeness (QED) is 0.470. The van der Waals surface area contributed by atoms with Gasteiger partial charge in [0, 0.05) is 6.54 Å². The molecule has 1 heterocycles. The van der Waals surface area contributed by atoms with Crippen LogP contribution in [0, 0.1) is 17.8 Å². The summed E-state index contributed by atoms with van der Waals surface area (Å²) in [6, 6.07) is 0. The van der Waals surface area contributed by atoms with Crippen molar-refractivity contribution < 1.29 is 0 Å². The maximum atomic E-state index is 2.46. The van der Waals surface area contributed by atoms with Gasteiger partial charge in [0.2, 0.25) is 0 Å². The van der Waals surface area contributed by atoms with Crippen LogP contribution in [0.3, 0.4) is 0 Å². The highest BCUT2D eigenvalue weighted by atomic mass is 15.1. The second kappa shape index (κ2) is 1.72. The number of hydrogen-bond acceptors (Lipinski definition) is 1. The maximum Gasteiger partial charge on any atom is 0.00120 e. The molecule has 0 aromatic heterocycles. The number of nitrogens with zero attached hydrogens (tertiary/aromatic N) is 1. The average molecular weight is 125 g/mol. The fraction of sp³-hybridized carbons (Fsp3) is 1.00. The molecule has 52 valence electrons. The summed E-state index contributed by atoms with van der Waals surface area (Å²) in [6.45, 7) is 5.10. The molecule has 0 N–H and O–H groups in total. The minimum Gasteiger partial charge on any atom is -0.306 e. The molecule has 1 saturated heterocycles. The highest BCUT2D eigenvalue weighted by Crippen LogP contribution is 2.50. The second-order valence-electron chi connectivity index (χ2n) is 3.74. The van der Waals surface area contributed by atoms with E-state index < -0.39 is 0 Å². The molecule has 9 heavy (non-hydrogen) atoms. The van der Waals surface area contributed by atoms with Gasteiger partial charge in [0.15, 0.2) is 0 Å². The Kier molecular flexibility index (Phi) is 1.10. The lowest BCUT2D eigenvalue weighted by Gasteiger charge is -2.20. The van der Waals surface area contributed by atoms with Crippen molar-refractivity contribution in [2.75, 3.05) is 20.1 Å². The Labute approximate surface area is 57.0 Å². The fourth-order valence-electron chi connectivity index (χ4n) is 2.24. The van der Waals surface area contributed by atoms with Crippen molar-refractivity contribution in [1.29, 1.82) is 0 Å². The van der Waals surface area contributed by atoms with Crippen molar-refractivity contribution in [1.82, 2.24) is 4.90 Å². The van der Waals surface area contributed by atoms with Crippen molar-refractivity contribution in [3.05, 3.63) is 0 Å². The van der Waals surface area contributed by atoms with E-state index in [1.165, 1.54) is 19.5 Å². The molecular formula is C8H15N. The van der Waals surface area contributed by atoms with Crippen LogP contribution < -0.4 is 0 Å². The van der Waals surface area contributed by atoms with Crippen LogP contribution in [0.4, 0.5) is 0 Å². The number of piperidine rings is 1. The van der Waals surface area contributed by atoms with Crippen molar-refractivity contribution in [3.63, 3.8) is 0 Å². The molecule has 1 aliphatic carbocycles. The molecule has 3 atom stereocenters. The Morgan fingerprint density at radius 3 is 2.67 bits per heavy atom. The predicted molar refractivity (Wildman–Crippen MR) is 38.3 cm³/mol. The first kappa shape index (κ1) is 5.72. The Morgan fingerprint density at radius 2 is 2.11 bits per heavy atom. The standard InChI is InChI=1S/C8H15N/c1-6-7-3-4-9(2)5-8(6)7/h6-8H,3-5H2,1-2H3. The molecule has 1 nitrogen and oxygen atoms in total. The molecule has 1 saturated carbocycles. The van der Waals surface area contributed by atoms with E-state index in [-0.39, 0.29) is 0 Å².